The lowest BCUT2D eigenvalue weighted by molar-refractivity contribution is 0.0974. The van der Waals surface area contributed by atoms with Crippen molar-refractivity contribution in [3.05, 3.63) is 54.6 Å². The van der Waals surface area contributed by atoms with E-state index in [1.54, 1.807) is 6.07 Å². The Morgan fingerprint density at radius 3 is 2.38 bits per heavy atom. The van der Waals surface area contributed by atoms with Crippen molar-refractivity contribution in [2.45, 2.75) is 39.5 Å². The van der Waals surface area contributed by atoms with Gasteiger partial charge in [-0.15, -0.1) is 0 Å². The fourth-order valence-corrected chi connectivity index (χ4v) is 2.52. The molecule has 0 aromatic heterocycles. The van der Waals surface area contributed by atoms with E-state index in [4.69, 9.17) is 9.47 Å². The van der Waals surface area contributed by atoms with Gasteiger partial charge in [0.05, 0.1) is 6.61 Å². The Labute approximate surface area is 144 Å². The Hall–Kier alpha value is -2.29. The molecule has 0 saturated carbocycles. The van der Waals surface area contributed by atoms with Gasteiger partial charge in [-0.25, -0.2) is 4.79 Å². The third kappa shape index (κ3) is 6.07. The van der Waals surface area contributed by atoms with E-state index in [0.717, 1.165) is 29.9 Å². The molecule has 0 saturated heterocycles. The third-order valence-corrected chi connectivity index (χ3v) is 3.81. The predicted molar refractivity (Wildman–Crippen MR) is 97.2 cm³/mol. The van der Waals surface area contributed by atoms with Crippen LogP contribution in [0.5, 0.6) is 5.75 Å². The third-order valence-electron chi connectivity index (χ3n) is 3.81. The summed E-state index contributed by atoms with van der Waals surface area (Å²) >= 11 is 0. The number of hydrogen-bond acceptors (Lipinski definition) is 3. The van der Waals surface area contributed by atoms with Crippen LogP contribution in [0.3, 0.4) is 0 Å². The summed E-state index contributed by atoms with van der Waals surface area (Å²) in [5, 5.41) is 0. The van der Waals surface area contributed by atoms with Crippen LogP contribution < -0.4 is 4.74 Å². The molecule has 24 heavy (non-hydrogen) atoms. The van der Waals surface area contributed by atoms with Crippen molar-refractivity contribution in [3.63, 3.8) is 0 Å². The van der Waals surface area contributed by atoms with Crippen molar-refractivity contribution < 1.29 is 14.3 Å². The molecular formula is C21H26O3. The molecule has 0 N–H and O–H groups in total. The first-order valence-corrected chi connectivity index (χ1v) is 8.66. The van der Waals surface area contributed by atoms with Crippen molar-refractivity contribution in [2.24, 2.45) is 5.92 Å². The topological polar surface area (TPSA) is 35.5 Å². The van der Waals surface area contributed by atoms with Crippen LogP contribution >= 0.6 is 0 Å². The van der Waals surface area contributed by atoms with Gasteiger partial charge in [0.1, 0.15) is 5.75 Å². The maximum Gasteiger partial charge on any atom is 0.513 e. The molecule has 2 rings (SSSR count). The molecule has 0 spiro atoms. The summed E-state index contributed by atoms with van der Waals surface area (Å²) in [6.45, 7) is 4.85. The molecule has 0 amide bonds. The average molecular weight is 326 g/mol. The van der Waals surface area contributed by atoms with E-state index in [-0.39, 0.29) is 0 Å². The first-order chi connectivity index (χ1) is 11.7. The highest BCUT2D eigenvalue weighted by atomic mass is 16.7. The lowest BCUT2D eigenvalue weighted by atomic mass is 10.1. The molecule has 3 heteroatoms. The van der Waals surface area contributed by atoms with E-state index in [0.29, 0.717) is 12.4 Å². The van der Waals surface area contributed by atoms with E-state index in [9.17, 15) is 4.79 Å². The summed E-state index contributed by atoms with van der Waals surface area (Å²) in [5.41, 5.74) is 1.89. The Kier molecular flexibility index (Phi) is 7.34. The van der Waals surface area contributed by atoms with Crippen molar-refractivity contribution in [2.75, 3.05) is 6.61 Å². The zero-order chi connectivity index (χ0) is 17.2. The van der Waals surface area contributed by atoms with Gasteiger partial charge in [0, 0.05) is 5.56 Å². The highest BCUT2D eigenvalue weighted by Crippen LogP contribution is 2.29. The van der Waals surface area contributed by atoms with Crippen LogP contribution in [0.4, 0.5) is 4.79 Å². The largest absolute Gasteiger partial charge is 0.513 e. The molecule has 0 fully saturated rings. The van der Waals surface area contributed by atoms with Crippen LogP contribution in [0.2, 0.25) is 0 Å². The molecule has 3 nitrogen and oxygen atoms in total. The molecular weight excluding hydrogens is 300 g/mol. The number of hydrogen-bond donors (Lipinski definition) is 0. The SMILES string of the molecule is CC(C)CCCCCOC(=O)Oc1ccccc1-c1ccccc1. The first-order valence-electron chi connectivity index (χ1n) is 8.66. The quantitative estimate of drug-likeness (QED) is 0.335. The molecule has 0 aliphatic rings. The fraction of sp³-hybridized carbons (Fsp3) is 0.381. The van der Waals surface area contributed by atoms with Crippen molar-refractivity contribution in [1.82, 2.24) is 0 Å². The second kappa shape index (κ2) is 9.76. The number of ether oxygens (including phenoxy) is 2. The van der Waals surface area contributed by atoms with Gasteiger partial charge >= 0.3 is 6.16 Å². The molecule has 2 aromatic rings. The Morgan fingerprint density at radius 1 is 0.917 bits per heavy atom. The van der Waals surface area contributed by atoms with Crippen molar-refractivity contribution in [3.8, 4) is 16.9 Å². The predicted octanol–water partition coefficient (Wildman–Crippen LogP) is 6.09. The highest BCUT2D eigenvalue weighted by molar-refractivity contribution is 5.74. The van der Waals surface area contributed by atoms with E-state index in [1.165, 1.54) is 12.8 Å². The normalized spacial score (nSPS) is 10.6. The monoisotopic (exact) mass is 326 g/mol. The summed E-state index contributed by atoms with van der Waals surface area (Å²) in [6.07, 6.45) is 3.71. The van der Waals surface area contributed by atoms with Gasteiger partial charge in [-0.1, -0.05) is 81.6 Å². The summed E-state index contributed by atoms with van der Waals surface area (Å²) in [5.74, 6) is 1.25. The number of rotatable bonds is 8. The molecule has 0 bridgehead atoms. The Bertz CT molecular complexity index is 620. The zero-order valence-electron chi connectivity index (χ0n) is 14.5. The van der Waals surface area contributed by atoms with Crippen LogP contribution in [0.15, 0.2) is 54.6 Å². The molecule has 128 valence electrons. The zero-order valence-corrected chi connectivity index (χ0v) is 14.5. The molecule has 0 atom stereocenters. The van der Waals surface area contributed by atoms with Crippen LogP contribution in [-0.4, -0.2) is 12.8 Å². The summed E-state index contributed by atoms with van der Waals surface area (Å²) < 4.78 is 10.6. The second-order valence-corrected chi connectivity index (χ2v) is 6.31. The lowest BCUT2D eigenvalue weighted by Gasteiger charge is -2.10. The van der Waals surface area contributed by atoms with Gasteiger partial charge in [-0.2, -0.15) is 0 Å². The Balaban J connectivity index is 1.82. The first kappa shape index (κ1) is 18.1. The van der Waals surface area contributed by atoms with Crippen LogP contribution in [-0.2, 0) is 4.74 Å². The molecule has 0 aliphatic carbocycles. The minimum atomic E-state index is -0.637. The van der Waals surface area contributed by atoms with Gasteiger partial charge in [0.2, 0.25) is 0 Å². The van der Waals surface area contributed by atoms with Gasteiger partial charge in [0.15, 0.2) is 0 Å². The van der Waals surface area contributed by atoms with Crippen molar-refractivity contribution >= 4 is 6.16 Å². The van der Waals surface area contributed by atoms with Gasteiger partial charge in [-0.3, -0.25) is 0 Å². The van der Waals surface area contributed by atoms with Gasteiger partial charge < -0.3 is 9.47 Å². The lowest BCUT2D eigenvalue weighted by Crippen LogP contribution is -2.12. The number of unbranched alkanes of at least 4 members (excludes halogenated alkanes) is 2. The van der Waals surface area contributed by atoms with Crippen LogP contribution in [0.1, 0.15) is 39.5 Å². The summed E-state index contributed by atoms with van der Waals surface area (Å²) in [4.78, 5) is 11.9. The van der Waals surface area contributed by atoms with Crippen molar-refractivity contribution in [1.29, 1.82) is 0 Å². The number of para-hydroxylation sites is 1. The number of carbonyl (C=O) groups is 1. The van der Waals surface area contributed by atoms with E-state index >= 15 is 0 Å². The average Bonchev–Trinajstić information content (AvgIpc) is 2.59. The smallest absolute Gasteiger partial charge is 0.434 e. The van der Waals surface area contributed by atoms with Crippen LogP contribution in [0, 0.1) is 5.92 Å². The second-order valence-electron chi connectivity index (χ2n) is 6.31. The van der Waals surface area contributed by atoms with Gasteiger partial charge in [-0.05, 0) is 24.0 Å². The molecule has 0 radical (unpaired) electrons. The maximum absolute atomic E-state index is 11.9. The van der Waals surface area contributed by atoms with E-state index < -0.39 is 6.16 Å². The fourth-order valence-electron chi connectivity index (χ4n) is 2.52. The highest BCUT2D eigenvalue weighted by Gasteiger charge is 2.11. The number of carbonyl (C=O) groups excluding carboxylic acids is 1. The van der Waals surface area contributed by atoms with E-state index in [2.05, 4.69) is 13.8 Å². The molecule has 0 aliphatic heterocycles. The summed E-state index contributed by atoms with van der Waals surface area (Å²) in [7, 11) is 0. The molecule has 0 heterocycles. The Morgan fingerprint density at radius 2 is 1.62 bits per heavy atom. The minimum Gasteiger partial charge on any atom is -0.434 e. The number of benzene rings is 2. The standard InChI is InChI=1S/C21H26O3/c1-17(2)11-5-4-10-16-23-21(22)24-20-15-9-8-14-19(20)18-12-6-3-7-13-18/h3,6-9,12-15,17H,4-5,10-11,16H2,1-2H3. The van der Waals surface area contributed by atoms with Crippen LogP contribution in [0.25, 0.3) is 11.1 Å². The molecule has 0 unspecified atom stereocenters. The molecule has 2 aromatic carbocycles. The maximum atomic E-state index is 11.9. The summed E-state index contributed by atoms with van der Waals surface area (Å²) in [6, 6.07) is 17.3. The minimum absolute atomic E-state index is 0.407. The van der Waals surface area contributed by atoms with E-state index in [1.807, 2.05) is 48.5 Å². The van der Waals surface area contributed by atoms with Gasteiger partial charge in [0.25, 0.3) is 0 Å².